The predicted octanol–water partition coefficient (Wildman–Crippen LogP) is 7.58. The monoisotopic (exact) mass is 367 g/mol. The lowest BCUT2D eigenvalue weighted by Gasteiger charge is -2.15. The maximum absolute atomic E-state index is 3.83. The first-order valence-corrected chi connectivity index (χ1v) is 9.54. The summed E-state index contributed by atoms with van der Waals surface area (Å²) in [5.41, 5.74) is 7.04. The fourth-order valence-electron chi connectivity index (χ4n) is 2.78. The molecule has 28 heavy (non-hydrogen) atoms. The van der Waals surface area contributed by atoms with Gasteiger partial charge in [-0.05, 0) is 44.0 Å². The Morgan fingerprint density at radius 1 is 0.786 bits per heavy atom. The van der Waals surface area contributed by atoms with Crippen LogP contribution in [-0.2, 0) is 0 Å². The first-order valence-electron chi connectivity index (χ1n) is 9.54. The van der Waals surface area contributed by atoms with Crippen molar-refractivity contribution in [2.75, 3.05) is 5.32 Å². The fourth-order valence-corrected chi connectivity index (χ4v) is 2.78. The van der Waals surface area contributed by atoms with Crippen molar-refractivity contribution in [3.05, 3.63) is 132 Å². The molecular weight excluding hydrogens is 338 g/mol. The molecule has 0 atom stereocenters. The Bertz CT molecular complexity index is 919. The summed E-state index contributed by atoms with van der Waals surface area (Å²) in [6.07, 6.45) is 5.95. The van der Waals surface area contributed by atoms with Gasteiger partial charge in [0.25, 0.3) is 0 Å². The zero-order valence-electron chi connectivity index (χ0n) is 17.0. The standard InChI is InChI=1S/C20H21N.C7H8/c1-4-10-19(17-12-7-6-8-13-17)20(5-2)21-18-14-9-11-16(3)15-18;1-7-5-3-2-4-6-7/h4-15,21H,1H2,2-3H3;2-6H,1H3/b19-10-,20-5+;. The minimum absolute atomic E-state index is 1.08. The summed E-state index contributed by atoms with van der Waals surface area (Å²) in [7, 11) is 0. The molecule has 142 valence electrons. The third kappa shape index (κ3) is 6.77. The van der Waals surface area contributed by atoms with Gasteiger partial charge in [0.2, 0.25) is 0 Å². The Labute approximate surface area is 169 Å². The highest BCUT2D eigenvalue weighted by Gasteiger charge is 2.07. The second-order valence-corrected chi connectivity index (χ2v) is 6.53. The predicted molar refractivity (Wildman–Crippen MR) is 124 cm³/mol. The van der Waals surface area contributed by atoms with Crippen LogP contribution in [0.25, 0.3) is 5.57 Å². The lowest BCUT2D eigenvalue weighted by molar-refractivity contribution is 1.40. The SMILES string of the molecule is C=C/C=C(\C(=C/C)Nc1cccc(C)c1)c1ccccc1.Cc1ccccc1. The van der Waals surface area contributed by atoms with Crippen molar-refractivity contribution in [1.82, 2.24) is 0 Å². The van der Waals surface area contributed by atoms with Crippen LogP contribution in [0.2, 0.25) is 0 Å². The lowest BCUT2D eigenvalue weighted by atomic mass is 10.0. The fraction of sp³-hybridized carbons (Fsp3) is 0.111. The summed E-state index contributed by atoms with van der Waals surface area (Å²) >= 11 is 0. The van der Waals surface area contributed by atoms with Crippen LogP contribution in [0.15, 0.2) is 115 Å². The molecule has 1 nitrogen and oxygen atoms in total. The number of aryl methyl sites for hydroxylation is 2. The Hall–Kier alpha value is -3.32. The Balaban J connectivity index is 0.000000336. The van der Waals surface area contributed by atoms with Crippen LogP contribution in [0.3, 0.4) is 0 Å². The van der Waals surface area contributed by atoms with E-state index in [1.54, 1.807) is 0 Å². The smallest absolute Gasteiger partial charge is 0.0420 e. The van der Waals surface area contributed by atoms with E-state index in [0.717, 1.165) is 17.0 Å². The van der Waals surface area contributed by atoms with Crippen LogP contribution in [0, 0.1) is 13.8 Å². The van der Waals surface area contributed by atoms with Gasteiger partial charge in [-0.2, -0.15) is 0 Å². The third-order valence-electron chi connectivity index (χ3n) is 4.19. The molecule has 0 aliphatic heterocycles. The van der Waals surface area contributed by atoms with Crippen molar-refractivity contribution in [3.8, 4) is 0 Å². The van der Waals surface area contributed by atoms with Gasteiger partial charge in [-0.15, -0.1) is 0 Å². The van der Waals surface area contributed by atoms with Crippen LogP contribution in [0.4, 0.5) is 5.69 Å². The highest BCUT2D eigenvalue weighted by molar-refractivity contribution is 5.83. The van der Waals surface area contributed by atoms with Crippen LogP contribution < -0.4 is 5.32 Å². The van der Waals surface area contributed by atoms with E-state index >= 15 is 0 Å². The number of rotatable bonds is 5. The molecule has 0 amide bonds. The van der Waals surface area contributed by atoms with Crippen LogP contribution in [-0.4, -0.2) is 0 Å². The highest BCUT2D eigenvalue weighted by atomic mass is 14.9. The lowest BCUT2D eigenvalue weighted by Crippen LogP contribution is -2.02. The number of nitrogens with one attached hydrogen (secondary N) is 1. The maximum Gasteiger partial charge on any atom is 0.0420 e. The van der Waals surface area contributed by atoms with Gasteiger partial charge in [0.1, 0.15) is 0 Å². The first-order chi connectivity index (χ1) is 13.6. The number of anilines is 1. The van der Waals surface area contributed by atoms with Crippen LogP contribution in [0.5, 0.6) is 0 Å². The molecule has 0 radical (unpaired) electrons. The van der Waals surface area contributed by atoms with E-state index in [-0.39, 0.29) is 0 Å². The number of hydrogen-bond acceptors (Lipinski definition) is 1. The Morgan fingerprint density at radius 2 is 1.39 bits per heavy atom. The van der Waals surface area contributed by atoms with Crippen molar-refractivity contribution in [1.29, 1.82) is 0 Å². The molecule has 3 aromatic rings. The molecule has 0 saturated heterocycles. The first kappa shape index (κ1) is 21.0. The van der Waals surface area contributed by atoms with E-state index in [9.17, 15) is 0 Å². The average molecular weight is 368 g/mol. The number of allylic oxidation sites excluding steroid dienone is 4. The molecule has 0 aliphatic rings. The molecule has 1 N–H and O–H groups in total. The van der Waals surface area contributed by atoms with E-state index < -0.39 is 0 Å². The van der Waals surface area contributed by atoms with Gasteiger partial charge in [0, 0.05) is 17.0 Å². The largest absolute Gasteiger partial charge is 0.355 e. The topological polar surface area (TPSA) is 12.0 Å². The average Bonchev–Trinajstić information content (AvgIpc) is 2.72. The molecule has 0 fully saturated rings. The van der Waals surface area contributed by atoms with Crippen molar-refractivity contribution >= 4 is 11.3 Å². The minimum atomic E-state index is 1.08. The van der Waals surface area contributed by atoms with Crippen LogP contribution in [0.1, 0.15) is 23.6 Å². The van der Waals surface area contributed by atoms with Gasteiger partial charge < -0.3 is 5.32 Å². The maximum atomic E-state index is 3.83. The van der Waals surface area contributed by atoms with Crippen molar-refractivity contribution in [2.24, 2.45) is 0 Å². The number of hydrogen-bond donors (Lipinski definition) is 1. The van der Waals surface area contributed by atoms with E-state index in [4.69, 9.17) is 0 Å². The van der Waals surface area contributed by atoms with Crippen molar-refractivity contribution in [2.45, 2.75) is 20.8 Å². The van der Waals surface area contributed by atoms with E-state index in [1.165, 1.54) is 16.7 Å². The quantitative estimate of drug-likeness (QED) is 0.458. The van der Waals surface area contributed by atoms with Gasteiger partial charge in [-0.3, -0.25) is 0 Å². The normalized spacial score (nSPS) is 11.2. The van der Waals surface area contributed by atoms with Gasteiger partial charge in [-0.25, -0.2) is 0 Å². The van der Waals surface area contributed by atoms with Gasteiger partial charge in [0.05, 0.1) is 0 Å². The van der Waals surface area contributed by atoms with Crippen molar-refractivity contribution in [3.63, 3.8) is 0 Å². The summed E-state index contributed by atoms with van der Waals surface area (Å²) in [4.78, 5) is 0. The molecule has 0 unspecified atom stereocenters. The summed E-state index contributed by atoms with van der Waals surface area (Å²) in [5.74, 6) is 0. The van der Waals surface area contributed by atoms with Crippen LogP contribution >= 0.6 is 0 Å². The Kier molecular flexibility index (Phi) is 8.55. The summed E-state index contributed by atoms with van der Waals surface area (Å²) in [6, 6.07) is 29.0. The molecule has 3 aromatic carbocycles. The third-order valence-corrected chi connectivity index (χ3v) is 4.19. The minimum Gasteiger partial charge on any atom is -0.355 e. The van der Waals surface area contributed by atoms with E-state index in [0.29, 0.717) is 0 Å². The molecule has 0 aromatic heterocycles. The molecule has 0 heterocycles. The van der Waals surface area contributed by atoms with Gasteiger partial charge in [-0.1, -0.05) is 103 Å². The number of benzene rings is 3. The zero-order valence-corrected chi connectivity index (χ0v) is 17.0. The highest BCUT2D eigenvalue weighted by Crippen LogP contribution is 2.25. The summed E-state index contributed by atoms with van der Waals surface area (Å²) in [6.45, 7) is 10.1. The molecule has 3 rings (SSSR count). The molecular formula is C27H29N. The summed E-state index contributed by atoms with van der Waals surface area (Å²) in [5, 5.41) is 3.50. The van der Waals surface area contributed by atoms with Gasteiger partial charge >= 0.3 is 0 Å². The molecule has 0 aliphatic carbocycles. The molecule has 0 saturated carbocycles. The molecule has 1 heteroatoms. The van der Waals surface area contributed by atoms with E-state index in [1.807, 2.05) is 55.5 Å². The molecule has 0 spiro atoms. The summed E-state index contributed by atoms with van der Waals surface area (Å²) < 4.78 is 0. The van der Waals surface area contributed by atoms with Gasteiger partial charge in [0.15, 0.2) is 0 Å². The Morgan fingerprint density at radius 3 is 1.89 bits per heavy atom. The second-order valence-electron chi connectivity index (χ2n) is 6.53. The van der Waals surface area contributed by atoms with E-state index in [2.05, 4.69) is 80.4 Å². The second kappa shape index (κ2) is 11.4. The molecule has 0 bridgehead atoms. The van der Waals surface area contributed by atoms with Crippen molar-refractivity contribution < 1.29 is 0 Å². The zero-order chi connectivity index (χ0) is 20.2.